The van der Waals surface area contributed by atoms with E-state index in [1.54, 1.807) is 0 Å². The van der Waals surface area contributed by atoms with E-state index in [0.717, 1.165) is 30.5 Å². The van der Waals surface area contributed by atoms with Gasteiger partial charge < -0.3 is 10.2 Å². The summed E-state index contributed by atoms with van der Waals surface area (Å²) in [6, 6.07) is 1.61. The molecule has 0 bridgehead atoms. The molecule has 0 radical (unpaired) electrons. The number of nitrogens with zero attached hydrogens (tertiary/aromatic N) is 1. The van der Waals surface area contributed by atoms with Crippen LogP contribution in [0.25, 0.3) is 0 Å². The van der Waals surface area contributed by atoms with Crippen LogP contribution in [0.5, 0.6) is 0 Å². The van der Waals surface area contributed by atoms with Gasteiger partial charge in [0.15, 0.2) is 0 Å². The van der Waals surface area contributed by atoms with Gasteiger partial charge in [-0.1, -0.05) is 40.5 Å². The van der Waals surface area contributed by atoms with Crippen LogP contribution in [0, 0.1) is 17.3 Å². The molecule has 2 aliphatic carbocycles. The maximum atomic E-state index is 3.78. The second-order valence-corrected chi connectivity index (χ2v) is 8.68. The molecule has 0 aliphatic heterocycles. The van der Waals surface area contributed by atoms with Crippen molar-refractivity contribution in [2.24, 2.45) is 17.3 Å². The van der Waals surface area contributed by atoms with Crippen LogP contribution < -0.4 is 5.32 Å². The Morgan fingerprint density at radius 3 is 2.29 bits per heavy atom. The molecule has 3 atom stereocenters. The molecule has 0 aromatic rings. The SMILES string of the molecule is CCNC1CCC(C(C)(C)C)CC1CN(C)C1CCCC1. The zero-order valence-corrected chi connectivity index (χ0v) is 15.1. The van der Waals surface area contributed by atoms with E-state index < -0.39 is 0 Å². The Labute approximate surface area is 133 Å². The molecule has 2 rings (SSSR count). The summed E-state index contributed by atoms with van der Waals surface area (Å²) in [5.41, 5.74) is 0.474. The molecule has 0 aromatic carbocycles. The summed E-state index contributed by atoms with van der Waals surface area (Å²) < 4.78 is 0. The normalized spacial score (nSPS) is 32.0. The number of rotatable bonds is 5. The summed E-state index contributed by atoms with van der Waals surface area (Å²) in [6.07, 6.45) is 9.94. The highest BCUT2D eigenvalue weighted by atomic mass is 15.1. The molecule has 2 fully saturated rings. The summed E-state index contributed by atoms with van der Waals surface area (Å²) in [6.45, 7) is 12.0. The standard InChI is InChI=1S/C19H38N2/c1-6-20-18-12-11-16(19(2,3)4)13-15(18)14-21(5)17-9-7-8-10-17/h15-18,20H,6-14H2,1-5H3. The molecule has 2 aliphatic rings. The van der Waals surface area contributed by atoms with Gasteiger partial charge in [0.2, 0.25) is 0 Å². The first-order valence-electron chi connectivity index (χ1n) is 9.35. The first-order chi connectivity index (χ1) is 9.91. The van der Waals surface area contributed by atoms with E-state index in [1.807, 2.05) is 0 Å². The number of nitrogens with one attached hydrogen (secondary N) is 1. The van der Waals surface area contributed by atoms with E-state index in [4.69, 9.17) is 0 Å². The fraction of sp³-hybridized carbons (Fsp3) is 1.00. The topological polar surface area (TPSA) is 15.3 Å². The molecule has 0 heterocycles. The van der Waals surface area contributed by atoms with Gasteiger partial charge in [-0.2, -0.15) is 0 Å². The van der Waals surface area contributed by atoms with Gasteiger partial charge >= 0.3 is 0 Å². The third-order valence-electron chi connectivity index (χ3n) is 6.14. The highest BCUT2D eigenvalue weighted by Crippen LogP contribution is 2.41. The average Bonchev–Trinajstić information content (AvgIpc) is 2.93. The lowest BCUT2D eigenvalue weighted by Gasteiger charge is -2.44. The quantitative estimate of drug-likeness (QED) is 0.813. The van der Waals surface area contributed by atoms with Crippen molar-refractivity contribution in [3.05, 3.63) is 0 Å². The first kappa shape index (κ1) is 17.3. The summed E-state index contributed by atoms with van der Waals surface area (Å²) in [5.74, 6) is 1.74. The Morgan fingerprint density at radius 1 is 1.05 bits per heavy atom. The van der Waals surface area contributed by atoms with E-state index >= 15 is 0 Å². The van der Waals surface area contributed by atoms with Gasteiger partial charge in [0, 0.05) is 18.6 Å². The molecule has 3 unspecified atom stereocenters. The van der Waals surface area contributed by atoms with E-state index in [1.165, 1.54) is 51.5 Å². The maximum Gasteiger partial charge on any atom is 0.0108 e. The lowest BCUT2D eigenvalue weighted by Crippen LogP contribution is -2.48. The minimum Gasteiger partial charge on any atom is -0.314 e. The molecule has 0 amide bonds. The summed E-state index contributed by atoms with van der Waals surface area (Å²) >= 11 is 0. The van der Waals surface area contributed by atoms with Crippen LogP contribution >= 0.6 is 0 Å². The van der Waals surface area contributed by atoms with E-state index in [-0.39, 0.29) is 0 Å². The second-order valence-electron chi connectivity index (χ2n) is 8.68. The predicted octanol–water partition coefficient (Wildman–Crippen LogP) is 4.30. The van der Waals surface area contributed by atoms with Crippen LogP contribution in [0.4, 0.5) is 0 Å². The lowest BCUT2D eigenvalue weighted by molar-refractivity contribution is 0.0838. The summed E-state index contributed by atoms with van der Waals surface area (Å²) in [5, 5.41) is 3.78. The zero-order chi connectivity index (χ0) is 15.5. The molecule has 2 saturated carbocycles. The fourth-order valence-electron chi connectivity index (χ4n) is 4.65. The molecule has 1 N–H and O–H groups in total. The third-order valence-corrected chi connectivity index (χ3v) is 6.14. The lowest BCUT2D eigenvalue weighted by atomic mass is 9.67. The van der Waals surface area contributed by atoms with Gasteiger partial charge in [0.25, 0.3) is 0 Å². The van der Waals surface area contributed by atoms with Crippen LogP contribution in [0.3, 0.4) is 0 Å². The van der Waals surface area contributed by atoms with Crippen molar-refractivity contribution in [2.75, 3.05) is 20.1 Å². The van der Waals surface area contributed by atoms with Crippen molar-refractivity contribution >= 4 is 0 Å². The maximum absolute atomic E-state index is 3.78. The molecular weight excluding hydrogens is 256 g/mol. The molecule has 124 valence electrons. The largest absolute Gasteiger partial charge is 0.314 e. The highest BCUT2D eigenvalue weighted by Gasteiger charge is 2.36. The van der Waals surface area contributed by atoms with Gasteiger partial charge in [-0.25, -0.2) is 0 Å². The van der Waals surface area contributed by atoms with Crippen molar-refractivity contribution in [3.63, 3.8) is 0 Å². The van der Waals surface area contributed by atoms with E-state index in [9.17, 15) is 0 Å². The Morgan fingerprint density at radius 2 is 1.71 bits per heavy atom. The average molecular weight is 295 g/mol. The predicted molar refractivity (Wildman–Crippen MR) is 92.6 cm³/mol. The van der Waals surface area contributed by atoms with Gasteiger partial charge in [0.1, 0.15) is 0 Å². The first-order valence-corrected chi connectivity index (χ1v) is 9.35. The van der Waals surface area contributed by atoms with E-state index in [0.29, 0.717) is 5.41 Å². The van der Waals surface area contributed by atoms with Crippen molar-refractivity contribution in [3.8, 4) is 0 Å². The van der Waals surface area contributed by atoms with Crippen molar-refractivity contribution in [1.82, 2.24) is 10.2 Å². The second kappa shape index (κ2) is 7.46. The van der Waals surface area contributed by atoms with Crippen LogP contribution in [0.15, 0.2) is 0 Å². The molecule has 2 heteroatoms. The van der Waals surface area contributed by atoms with Gasteiger partial charge in [0.05, 0.1) is 0 Å². The van der Waals surface area contributed by atoms with Crippen molar-refractivity contribution < 1.29 is 0 Å². The minimum absolute atomic E-state index is 0.474. The molecule has 0 spiro atoms. The Balaban J connectivity index is 1.96. The molecule has 2 nitrogen and oxygen atoms in total. The molecule has 21 heavy (non-hydrogen) atoms. The fourth-order valence-corrected chi connectivity index (χ4v) is 4.65. The van der Waals surface area contributed by atoms with Crippen LogP contribution in [0.2, 0.25) is 0 Å². The van der Waals surface area contributed by atoms with Crippen LogP contribution in [-0.4, -0.2) is 37.1 Å². The highest BCUT2D eigenvalue weighted by molar-refractivity contribution is 4.91. The summed E-state index contributed by atoms with van der Waals surface area (Å²) in [4.78, 5) is 2.69. The van der Waals surface area contributed by atoms with Crippen molar-refractivity contribution in [1.29, 1.82) is 0 Å². The molecular formula is C19H38N2. The minimum atomic E-state index is 0.474. The summed E-state index contributed by atoms with van der Waals surface area (Å²) in [7, 11) is 2.37. The zero-order valence-electron chi connectivity index (χ0n) is 15.1. The Hall–Kier alpha value is -0.0800. The Kier molecular flexibility index (Phi) is 6.14. The molecule has 0 aromatic heterocycles. The van der Waals surface area contributed by atoms with E-state index in [2.05, 4.69) is 45.0 Å². The van der Waals surface area contributed by atoms with Gasteiger partial charge in [-0.05, 0) is 62.9 Å². The third kappa shape index (κ3) is 4.69. The van der Waals surface area contributed by atoms with Crippen molar-refractivity contribution in [2.45, 2.75) is 84.7 Å². The smallest absolute Gasteiger partial charge is 0.0108 e. The van der Waals surface area contributed by atoms with Gasteiger partial charge in [-0.3, -0.25) is 0 Å². The molecule has 0 saturated heterocycles. The van der Waals surface area contributed by atoms with Gasteiger partial charge in [-0.15, -0.1) is 0 Å². The Bertz CT molecular complexity index is 301. The van der Waals surface area contributed by atoms with Crippen LogP contribution in [-0.2, 0) is 0 Å². The monoisotopic (exact) mass is 294 g/mol. The number of hydrogen-bond acceptors (Lipinski definition) is 2. The number of hydrogen-bond donors (Lipinski definition) is 1. The van der Waals surface area contributed by atoms with Crippen LogP contribution in [0.1, 0.15) is 72.6 Å².